The van der Waals surface area contributed by atoms with Gasteiger partial charge in [0, 0.05) is 22.1 Å². The van der Waals surface area contributed by atoms with Gasteiger partial charge in [-0.25, -0.2) is 9.97 Å². The van der Waals surface area contributed by atoms with Gasteiger partial charge in [0.05, 0.1) is 11.4 Å². The van der Waals surface area contributed by atoms with Crippen molar-refractivity contribution in [3.8, 4) is 67.3 Å². The van der Waals surface area contributed by atoms with E-state index in [2.05, 4.69) is 202 Å². The first-order valence-corrected chi connectivity index (χ1v) is 19.7. The second-order valence-corrected chi connectivity index (χ2v) is 15.7. The molecule has 0 amide bonds. The van der Waals surface area contributed by atoms with E-state index in [0.717, 1.165) is 33.6 Å². The van der Waals surface area contributed by atoms with Crippen molar-refractivity contribution in [2.24, 2.45) is 0 Å². The molecule has 1 aromatic heterocycles. The minimum atomic E-state index is -0.122. The Kier molecular flexibility index (Phi) is 7.55. The number of hydrogen-bond acceptors (Lipinski definition) is 2. The molecule has 0 spiro atoms. The molecule has 2 nitrogen and oxygen atoms in total. The third-order valence-corrected chi connectivity index (χ3v) is 12.0. The third kappa shape index (κ3) is 5.33. The Morgan fingerprint density at radius 2 is 0.965 bits per heavy atom. The predicted octanol–water partition coefficient (Wildman–Crippen LogP) is 14.6. The van der Waals surface area contributed by atoms with Crippen LogP contribution >= 0.6 is 0 Å². The quantitative estimate of drug-likeness (QED) is 0.130. The van der Waals surface area contributed by atoms with Crippen molar-refractivity contribution in [1.82, 2.24) is 9.97 Å². The fourth-order valence-corrected chi connectivity index (χ4v) is 9.42. The van der Waals surface area contributed by atoms with Crippen LogP contribution in [0.25, 0.3) is 99.6 Å². The highest BCUT2D eigenvalue weighted by atomic mass is 14.9. The van der Waals surface area contributed by atoms with Crippen LogP contribution in [-0.2, 0) is 5.41 Å². The van der Waals surface area contributed by atoms with Crippen LogP contribution in [0.5, 0.6) is 0 Å². The summed E-state index contributed by atoms with van der Waals surface area (Å²) >= 11 is 0. The lowest BCUT2D eigenvalue weighted by Crippen LogP contribution is -2.16. The fourth-order valence-electron chi connectivity index (χ4n) is 9.42. The van der Waals surface area contributed by atoms with E-state index >= 15 is 0 Å². The summed E-state index contributed by atoms with van der Waals surface area (Å²) in [7, 11) is 0. The number of fused-ring (bicyclic) bond motifs is 7. The van der Waals surface area contributed by atoms with Gasteiger partial charge in [-0.3, -0.25) is 0 Å². The molecule has 0 atom stereocenters. The van der Waals surface area contributed by atoms with Crippen LogP contribution in [-0.4, -0.2) is 9.97 Å². The van der Waals surface area contributed by atoms with E-state index in [9.17, 15) is 0 Å². The Hall–Kier alpha value is -7.16. The second-order valence-electron chi connectivity index (χ2n) is 15.7. The largest absolute Gasteiger partial charge is 0.228 e. The van der Waals surface area contributed by atoms with Crippen LogP contribution in [0, 0.1) is 0 Å². The first-order valence-electron chi connectivity index (χ1n) is 19.7. The van der Waals surface area contributed by atoms with Crippen LogP contribution in [0.3, 0.4) is 0 Å². The average molecular weight is 727 g/mol. The van der Waals surface area contributed by atoms with Gasteiger partial charge >= 0.3 is 0 Å². The Balaban J connectivity index is 1.12. The van der Waals surface area contributed by atoms with Crippen molar-refractivity contribution in [1.29, 1.82) is 0 Å². The van der Waals surface area contributed by atoms with E-state index in [4.69, 9.17) is 9.97 Å². The molecule has 0 fully saturated rings. The Bertz CT molecular complexity index is 3210. The Morgan fingerprint density at radius 3 is 1.82 bits per heavy atom. The van der Waals surface area contributed by atoms with Gasteiger partial charge in [0.1, 0.15) is 0 Å². The maximum Gasteiger partial charge on any atom is 0.160 e. The Morgan fingerprint density at radius 1 is 0.351 bits per heavy atom. The van der Waals surface area contributed by atoms with E-state index in [1.165, 1.54) is 71.3 Å². The van der Waals surface area contributed by atoms with Crippen molar-refractivity contribution >= 4 is 32.3 Å². The Labute approximate surface area is 332 Å². The summed E-state index contributed by atoms with van der Waals surface area (Å²) in [6.45, 7) is 4.71. The van der Waals surface area contributed by atoms with E-state index < -0.39 is 0 Å². The lowest BCUT2D eigenvalue weighted by molar-refractivity contribution is 0.662. The zero-order valence-corrected chi connectivity index (χ0v) is 31.9. The number of aromatic nitrogens is 2. The highest BCUT2D eigenvalue weighted by Gasteiger charge is 2.37. The van der Waals surface area contributed by atoms with Crippen molar-refractivity contribution < 1.29 is 0 Å². The molecular weight excluding hydrogens is 689 g/mol. The lowest BCUT2D eigenvalue weighted by atomic mass is 9.78. The van der Waals surface area contributed by atoms with E-state index in [-0.39, 0.29) is 5.41 Å². The normalized spacial score (nSPS) is 12.9. The van der Waals surface area contributed by atoms with Crippen LogP contribution < -0.4 is 0 Å². The molecule has 0 bridgehead atoms. The lowest BCUT2D eigenvalue weighted by Gasteiger charge is -2.24. The second kappa shape index (κ2) is 13.0. The van der Waals surface area contributed by atoms with Gasteiger partial charge < -0.3 is 0 Å². The van der Waals surface area contributed by atoms with Gasteiger partial charge in [-0.05, 0) is 95.0 Å². The molecule has 11 rings (SSSR count). The van der Waals surface area contributed by atoms with E-state index in [0.29, 0.717) is 5.82 Å². The number of benzene rings is 9. The summed E-state index contributed by atoms with van der Waals surface area (Å²) in [5.74, 6) is 0.703. The molecule has 268 valence electrons. The molecule has 57 heavy (non-hydrogen) atoms. The maximum absolute atomic E-state index is 5.35. The first-order chi connectivity index (χ1) is 28.0. The monoisotopic (exact) mass is 726 g/mol. The number of nitrogens with zero attached hydrogens (tertiary/aromatic N) is 2. The highest BCUT2D eigenvalue weighted by Crippen LogP contribution is 2.52. The molecule has 0 aliphatic heterocycles. The van der Waals surface area contributed by atoms with Crippen molar-refractivity contribution in [2.45, 2.75) is 19.3 Å². The average Bonchev–Trinajstić information content (AvgIpc) is 3.51. The summed E-state index contributed by atoms with van der Waals surface area (Å²) in [6.07, 6.45) is 0. The number of rotatable bonds is 5. The first kappa shape index (κ1) is 33.2. The SMILES string of the molecule is CC1(C)c2ccccc2-c2cccc(-c3cccc(-c4cc(-c5ccccc5-c5c6ccccc6cc6c5ccc5ccccc56)nc(-c5ccccc5)n4)c3)c21. The van der Waals surface area contributed by atoms with Crippen LogP contribution in [0.4, 0.5) is 0 Å². The molecule has 10 aromatic rings. The smallest absolute Gasteiger partial charge is 0.160 e. The van der Waals surface area contributed by atoms with Gasteiger partial charge in [-0.15, -0.1) is 0 Å². The van der Waals surface area contributed by atoms with Gasteiger partial charge in [-0.2, -0.15) is 0 Å². The molecule has 1 heterocycles. The summed E-state index contributed by atoms with van der Waals surface area (Å²) < 4.78 is 0. The van der Waals surface area contributed by atoms with Crippen LogP contribution in [0.15, 0.2) is 194 Å². The molecule has 0 N–H and O–H groups in total. The highest BCUT2D eigenvalue weighted by molar-refractivity contribution is 6.21. The summed E-state index contributed by atoms with van der Waals surface area (Å²) in [5, 5.41) is 7.41. The van der Waals surface area contributed by atoms with Crippen LogP contribution in [0.1, 0.15) is 25.0 Å². The number of hydrogen-bond donors (Lipinski definition) is 0. The molecule has 0 saturated carbocycles. The molecule has 2 heteroatoms. The van der Waals surface area contributed by atoms with E-state index in [1.54, 1.807) is 0 Å². The molecule has 0 unspecified atom stereocenters. The van der Waals surface area contributed by atoms with Gasteiger partial charge in [0.15, 0.2) is 5.82 Å². The molecule has 1 aliphatic carbocycles. The van der Waals surface area contributed by atoms with Gasteiger partial charge in [0.25, 0.3) is 0 Å². The molecule has 0 saturated heterocycles. The van der Waals surface area contributed by atoms with Crippen LogP contribution in [0.2, 0.25) is 0 Å². The molecule has 0 radical (unpaired) electrons. The minimum absolute atomic E-state index is 0.122. The topological polar surface area (TPSA) is 25.8 Å². The summed E-state index contributed by atoms with van der Waals surface area (Å²) in [5.41, 5.74) is 15.0. The predicted molar refractivity (Wildman–Crippen MR) is 239 cm³/mol. The zero-order valence-electron chi connectivity index (χ0n) is 31.9. The third-order valence-electron chi connectivity index (χ3n) is 12.0. The fraction of sp³-hybridized carbons (Fsp3) is 0.0545. The van der Waals surface area contributed by atoms with E-state index in [1.807, 2.05) is 6.07 Å². The van der Waals surface area contributed by atoms with Gasteiger partial charge in [-0.1, -0.05) is 190 Å². The molecular formula is C55H38N2. The van der Waals surface area contributed by atoms with Gasteiger partial charge in [0.2, 0.25) is 0 Å². The summed E-state index contributed by atoms with van der Waals surface area (Å²) in [4.78, 5) is 10.6. The zero-order chi connectivity index (χ0) is 38.1. The minimum Gasteiger partial charge on any atom is -0.228 e. The van der Waals surface area contributed by atoms with Crippen molar-refractivity contribution in [3.63, 3.8) is 0 Å². The molecule has 1 aliphatic rings. The maximum atomic E-state index is 5.35. The summed E-state index contributed by atoms with van der Waals surface area (Å²) in [6, 6.07) is 70.1. The van der Waals surface area contributed by atoms with Crippen molar-refractivity contribution in [2.75, 3.05) is 0 Å². The van der Waals surface area contributed by atoms with Crippen molar-refractivity contribution in [3.05, 3.63) is 205 Å². The standard InChI is InChI=1S/C55H38N2/c1-55(2)49-29-13-12-24-43(49)47-28-15-27-42(53(47)55)37-20-14-21-39(32-37)50-34-51(57-54(56-50)36-17-4-3-5-18-36)44-25-10-11-26-45(44)52-41-23-9-7-19-38(41)33-48-40-22-8-6-16-35(40)30-31-46(48)52/h3-34H,1-2H3. The molecule has 9 aromatic carbocycles.